The van der Waals surface area contributed by atoms with Crippen molar-refractivity contribution in [1.82, 2.24) is 9.47 Å². The smallest absolute Gasteiger partial charge is 0.328 e. The summed E-state index contributed by atoms with van der Waals surface area (Å²) in [5, 5.41) is 0.905. The number of nitrogens with zero attached hydrogens (tertiary/aromatic N) is 2. The second-order valence-corrected chi connectivity index (χ2v) is 7.28. The SMILES string of the molecule is CN(C)C(=O)n1cc(C(c2ccccc2)c2ccccc2)c2cc(C=O)ccc21. The highest BCUT2D eigenvalue weighted by Gasteiger charge is 2.24. The van der Waals surface area contributed by atoms with E-state index in [-0.39, 0.29) is 11.9 Å². The van der Waals surface area contributed by atoms with Crippen molar-refractivity contribution in [1.29, 1.82) is 0 Å². The Hall–Kier alpha value is -3.66. The summed E-state index contributed by atoms with van der Waals surface area (Å²) in [7, 11) is 3.47. The number of amides is 1. The van der Waals surface area contributed by atoms with Gasteiger partial charge < -0.3 is 4.90 Å². The highest BCUT2D eigenvalue weighted by atomic mass is 16.2. The lowest BCUT2D eigenvalue weighted by Crippen LogP contribution is -2.26. The molecule has 0 unspecified atom stereocenters. The molecule has 0 radical (unpaired) electrons. The van der Waals surface area contributed by atoms with E-state index in [1.165, 1.54) is 0 Å². The summed E-state index contributed by atoms with van der Waals surface area (Å²) in [6, 6.07) is 25.8. The lowest BCUT2D eigenvalue weighted by Gasteiger charge is -2.18. The molecule has 0 aliphatic rings. The van der Waals surface area contributed by atoms with Crippen molar-refractivity contribution < 1.29 is 9.59 Å². The molecule has 4 aromatic rings. The molecule has 0 N–H and O–H groups in total. The lowest BCUT2D eigenvalue weighted by atomic mass is 9.85. The van der Waals surface area contributed by atoms with Crippen LogP contribution in [0.5, 0.6) is 0 Å². The van der Waals surface area contributed by atoms with Gasteiger partial charge >= 0.3 is 6.03 Å². The summed E-state index contributed by atoms with van der Waals surface area (Å²) in [5.41, 5.74) is 4.64. The van der Waals surface area contributed by atoms with Gasteiger partial charge in [-0.3, -0.25) is 9.36 Å². The van der Waals surface area contributed by atoms with E-state index in [1.54, 1.807) is 29.6 Å². The Morgan fingerprint density at radius 2 is 1.48 bits per heavy atom. The number of carbonyl (C=O) groups excluding carboxylic acids is 2. The Kier molecular flexibility index (Phi) is 5.00. The Morgan fingerprint density at radius 1 is 0.897 bits per heavy atom. The van der Waals surface area contributed by atoms with Crippen molar-refractivity contribution >= 4 is 23.2 Å². The van der Waals surface area contributed by atoms with E-state index in [1.807, 2.05) is 54.7 Å². The van der Waals surface area contributed by atoms with Crippen LogP contribution in [0.25, 0.3) is 10.9 Å². The van der Waals surface area contributed by atoms with E-state index in [2.05, 4.69) is 24.3 Å². The van der Waals surface area contributed by atoms with Crippen molar-refractivity contribution in [2.24, 2.45) is 0 Å². The maximum atomic E-state index is 12.8. The molecule has 1 heterocycles. The standard InChI is InChI=1S/C25H22N2O2/c1-26(2)25(29)27-16-22(21-15-18(17-28)13-14-23(21)27)24(19-9-5-3-6-10-19)20-11-7-4-8-12-20/h3-17,24H,1-2H3. The molecule has 0 spiro atoms. The number of aromatic nitrogens is 1. The fourth-order valence-corrected chi connectivity index (χ4v) is 3.79. The molecule has 1 aromatic heterocycles. The first-order valence-corrected chi connectivity index (χ1v) is 9.52. The average Bonchev–Trinajstić information content (AvgIpc) is 3.13. The number of hydrogen-bond acceptors (Lipinski definition) is 2. The fraction of sp³-hybridized carbons (Fsp3) is 0.120. The third kappa shape index (κ3) is 3.45. The Balaban J connectivity index is 2.03. The maximum Gasteiger partial charge on any atom is 0.328 e. The van der Waals surface area contributed by atoms with Gasteiger partial charge in [-0.1, -0.05) is 60.7 Å². The van der Waals surface area contributed by atoms with Gasteiger partial charge in [-0.05, 0) is 34.9 Å². The minimum absolute atomic E-state index is 0.0574. The second-order valence-electron chi connectivity index (χ2n) is 7.28. The molecule has 1 amide bonds. The predicted molar refractivity (Wildman–Crippen MR) is 116 cm³/mol. The summed E-state index contributed by atoms with van der Waals surface area (Å²) < 4.78 is 1.66. The van der Waals surface area contributed by atoms with Crippen LogP contribution >= 0.6 is 0 Å². The van der Waals surface area contributed by atoms with Crippen LogP contribution in [0, 0.1) is 0 Å². The molecule has 3 aromatic carbocycles. The van der Waals surface area contributed by atoms with E-state index < -0.39 is 0 Å². The van der Waals surface area contributed by atoms with Crippen molar-refractivity contribution in [2.75, 3.05) is 14.1 Å². The molecule has 29 heavy (non-hydrogen) atoms. The van der Waals surface area contributed by atoms with E-state index in [0.717, 1.165) is 33.9 Å². The summed E-state index contributed by atoms with van der Waals surface area (Å²) in [6.07, 6.45) is 2.75. The van der Waals surface area contributed by atoms with Gasteiger partial charge in [0.1, 0.15) is 6.29 Å². The highest BCUT2D eigenvalue weighted by Crippen LogP contribution is 2.37. The maximum absolute atomic E-state index is 12.8. The molecule has 4 nitrogen and oxygen atoms in total. The molecule has 0 aliphatic heterocycles. The zero-order valence-corrected chi connectivity index (χ0v) is 16.4. The van der Waals surface area contributed by atoms with Crippen molar-refractivity contribution in [2.45, 2.75) is 5.92 Å². The van der Waals surface area contributed by atoms with Gasteiger partial charge in [-0.25, -0.2) is 4.79 Å². The molecule has 144 valence electrons. The zero-order chi connectivity index (χ0) is 20.4. The normalized spacial score (nSPS) is 11.0. The Morgan fingerprint density at radius 3 is 2.00 bits per heavy atom. The molecule has 0 aliphatic carbocycles. The monoisotopic (exact) mass is 382 g/mol. The van der Waals surface area contributed by atoms with Crippen molar-refractivity contribution in [3.8, 4) is 0 Å². The van der Waals surface area contributed by atoms with Gasteiger partial charge in [0.25, 0.3) is 0 Å². The molecule has 4 rings (SSSR count). The van der Waals surface area contributed by atoms with E-state index in [4.69, 9.17) is 0 Å². The zero-order valence-electron chi connectivity index (χ0n) is 16.4. The average molecular weight is 382 g/mol. The van der Waals surface area contributed by atoms with E-state index in [9.17, 15) is 9.59 Å². The topological polar surface area (TPSA) is 42.3 Å². The van der Waals surface area contributed by atoms with Crippen LogP contribution in [0.3, 0.4) is 0 Å². The molecule has 4 heteroatoms. The highest BCUT2D eigenvalue weighted by molar-refractivity contribution is 5.97. The summed E-state index contributed by atoms with van der Waals surface area (Å²) in [4.78, 5) is 25.8. The first-order chi connectivity index (χ1) is 14.1. The number of carbonyl (C=O) groups is 2. The van der Waals surface area contributed by atoms with Gasteiger partial charge in [-0.2, -0.15) is 0 Å². The second kappa shape index (κ2) is 7.76. The van der Waals surface area contributed by atoms with Crippen LogP contribution in [-0.2, 0) is 0 Å². The fourth-order valence-electron chi connectivity index (χ4n) is 3.79. The summed E-state index contributed by atoms with van der Waals surface area (Å²) in [6.45, 7) is 0. The predicted octanol–water partition coefficient (Wildman–Crippen LogP) is 5.16. The molecule has 0 fully saturated rings. The van der Waals surface area contributed by atoms with E-state index >= 15 is 0 Å². The molecule has 0 saturated carbocycles. The number of benzene rings is 3. The first kappa shape index (κ1) is 18.7. The molecular formula is C25H22N2O2. The number of hydrogen-bond donors (Lipinski definition) is 0. The van der Waals surface area contributed by atoms with Gasteiger partial charge in [0.15, 0.2) is 0 Å². The number of aldehydes is 1. The first-order valence-electron chi connectivity index (χ1n) is 9.52. The van der Waals surface area contributed by atoms with Crippen molar-refractivity contribution in [3.63, 3.8) is 0 Å². The van der Waals surface area contributed by atoms with Gasteiger partial charge in [0.2, 0.25) is 0 Å². The molecule has 0 atom stereocenters. The van der Waals surface area contributed by atoms with Crippen LogP contribution in [0.2, 0.25) is 0 Å². The van der Waals surface area contributed by atoms with Crippen LogP contribution in [0.15, 0.2) is 85.1 Å². The quantitative estimate of drug-likeness (QED) is 0.457. The minimum atomic E-state index is -0.125. The third-order valence-electron chi connectivity index (χ3n) is 5.16. The third-order valence-corrected chi connectivity index (χ3v) is 5.16. The minimum Gasteiger partial charge on any atom is -0.330 e. The number of fused-ring (bicyclic) bond motifs is 1. The van der Waals surface area contributed by atoms with Gasteiger partial charge in [-0.15, -0.1) is 0 Å². The van der Waals surface area contributed by atoms with Gasteiger partial charge in [0.05, 0.1) is 5.52 Å². The van der Waals surface area contributed by atoms with Crippen LogP contribution < -0.4 is 0 Å². The van der Waals surface area contributed by atoms with Gasteiger partial charge in [0, 0.05) is 37.2 Å². The molecule has 0 bridgehead atoms. The van der Waals surface area contributed by atoms with Crippen molar-refractivity contribution in [3.05, 3.63) is 107 Å². The van der Waals surface area contributed by atoms with E-state index in [0.29, 0.717) is 5.56 Å². The lowest BCUT2D eigenvalue weighted by molar-refractivity contribution is 0.112. The Bertz CT molecular complexity index is 1120. The van der Waals surface area contributed by atoms with Crippen LogP contribution in [-0.4, -0.2) is 35.9 Å². The summed E-state index contributed by atoms with van der Waals surface area (Å²) in [5.74, 6) is -0.0574. The molecule has 0 saturated heterocycles. The number of rotatable bonds is 4. The molecular weight excluding hydrogens is 360 g/mol. The summed E-state index contributed by atoms with van der Waals surface area (Å²) >= 11 is 0. The van der Waals surface area contributed by atoms with Crippen LogP contribution in [0.4, 0.5) is 4.79 Å². The Labute approximate surface area is 170 Å². The van der Waals surface area contributed by atoms with Crippen LogP contribution in [0.1, 0.15) is 33.0 Å². The largest absolute Gasteiger partial charge is 0.330 e.